The monoisotopic (exact) mass is 547 g/mol. The van der Waals surface area contributed by atoms with Gasteiger partial charge < -0.3 is 9.47 Å². The molecule has 2 aromatic heterocycles. The van der Waals surface area contributed by atoms with E-state index in [9.17, 15) is 9.59 Å². The Labute approximate surface area is 230 Å². The number of carbonyl (C=O) groups is 2. The lowest BCUT2D eigenvalue weighted by atomic mass is 9.94. The van der Waals surface area contributed by atoms with Crippen molar-refractivity contribution < 1.29 is 19.1 Å². The molecule has 1 aliphatic carbocycles. The number of nitrogens with one attached hydrogen (secondary N) is 1. The standard InChI is InChI=1S/C29H26ClN3O4S/c1-17-25(32-28(35)37-18(2)22-6-4-5-7-23(22)30)26(38-33-17)20-10-13-24(31-16-20)19-8-11-21(12-9-19)29(14-15-29)27(34)36-3/h4-13,16,18H,14-15H2,1-3H3,(H,32,35)/t18-/m1/s1. The Morgan fingerprint density at radius 1 is 1.05 bits per heavy atom. The number of hydrogen-bond acceptors (Lipinski definition) is 7. The van der Waals surface area contributed by atoms with E-state index in [2.05, 4.69) is 14.7 Å². The molecule has 0 spiro atoms. The quantitative estimate of drug-likeness (QED) is 0.243. The maximum Gasteiger partial charge on any atom is 0.412 e. The van der Waals surface area contributed by atoms with Crippen molar-refractivity contribution in [2.45, 2.75) is 38.2 Å². The van der Waals surface area contributed by atoms with E-state index >= 15 is 0 Å². The molecule has 4 aromatic rings. The zero-order valence-electron chi connectivity index (χ0n) is 21.2. The molecule has 2 aromatic carbocycles. The van der Waals surface area contributed by atoms with Crippen molar-refractivity contribution in [2.24, 2.45) is 0 Å². The minimum absolute atomic E-state index is 0.181. The number of amides is 1. The minimum atomic E-state index is -0.591. The first kappa shape index (κ1) is 25.9. The number of halogens is 1. The predicted molar refractivity (Wildman–Crippen MR) is 148 cm³/mol. The van der Waals surface area contributed by atoms with E-state index in [0.29, 0.717) is 16.4 Å². The summed E-state index contributed by atoms with van der Waals surface area (Å²) in [6.07, 6.45) is 2.27. The van der Waals surface area contributed by atoms with Crippen LogP contribution in [0.3, 0.4) is 0 Å². The van der Waals surface area contributed by atoms with E-state index in [1.165, 1.54) is 18.6 Å². The van der Waals surface area contributed by atoms with E-state index < -0.39 is 17.6 Å². The normalized spacial score (nSPS) is 14.4. The van der Waals surface area contributed by atoms with Crippen LogP contribution in [0.5, 0.6) is 0 Å². The van der Waals surface area contributed by atoms with Gasteiger partial charge in [-0.3, -0.25) is 15.1 Å². The maximum absolute atomic E-state index is 12.7. The molecule has 1 atom stereocenters. The number of ether oxygens (including phenoxy) is 2. The molecule has 0 unspecified atom stereocenters. The minimum Gasteiger partial charge on any atom is -0.468 e. The molecule has 1 fully saturated rings. The number of nitrogens with zero attached hydrogens (tertiary/aromatic N) is 2. The SMILES string of the molecule is COC(=O)C1(c2ccc(-c3ccc(-c4snc(C)c4NC(=O)O[C@H](C)c4ccccc4Cl)cn3)cc2)CC1. The molecule has 1 saturated carbocycles. The lowest BCUT2D eigenvalue weighted by Crippen LogP contribution is -2.21. The van der Waals surface area contributed by atoms with Gasteiger partial charge in [0.1, 0.15) is 6.10 Å². The third-order valence-corrected chi connectivity index (χ3v) is 8.13. The van der Waals surface area contributed by atoms with E-state index in [-0.39, 0.29) is 5.97 Å². The highest BCUT2D eigenvalue weighted by atomic mass is 35.5. The maximum atomic E-state index is 12.7. The Hall–Kier alpha value is -3.75. The number of rotatable bonds is 7. The molecule has 9 heteroatoms. The van der Waals surface area contributed by atoms with E-state index in [4.69, 9.17) is 21.1 Å². The molecular formula is C29H26ClN3O4S. The highest BCUT2D eigenvalue weighted by molar-refractivity contribution is 7.10. The molecule has 1 aliphatic rings. The average Bonchev–Trinajstić information content (AvgIpc) is 3.67. The summed E-state index contributed by atoms with van der Waals surface area (Å²) >= 11 is 7.52. The fourth-order valence-corrected chi connectivity index (χ4v) is 5.59. The van der Waals surface area contributed by atoms with Crippen LogP contribution >= 0.6 is 23.1 Å². The molecule has 0 bridgehead atoms. The number of anilines is 1. The van der Waals surface area contributed by atoms with Gasteiger partial charge in [-0.2, -0.15) is 4.37 Å². The summed E-state index contributed by atoms with van der Waals surface area (Å²) in [5.41, 5.74) is 5.04. The summed E-state index contributed by atoms with van der Waals surface area (Å²) < 4.78 is 15.0. The predicted octanol–water partition coefficient (Wildman–Crippen LogP) is 7.35. The highest BCUT2D eigenvalue weighted by Gasteiger charge is 2.52. The van der Waals surface area contributed by atoms with Crippen molar-refractivity contribution in [1.82, 2.24) is 9.36 Å². The summed E-state index contributed by atoms with van der Waals surface area (Å²) in [6.45, 7) is 3.60. The van der Waals surface area contributed by atoms with Crippen molar-refractivity contribution in [3.63, 3.8) is 0 Å². The first-order valence-electron chi connectivity index (χ1n) is 12.2. The summed E-state index contributed by atoms with van der Waals surface area (Å²) in [5.74, 6) is -0.181. The number of pyridine rings is 1. The van der Waals surface area contributed by atoms with Crippen LogP contribution in [0.1, 0.15) is 42.7 Å². The summed E-state index contributed by atoms with van der Waals surface area (Å²) in [5, 5.41) is 3.38. The van der Waals surface area contributed by atoms with Gasteiger partial charge in [-0.25, -0.2) is 4.79 Å². The number of aromatic nitrogens is 2. The molecule has 0 saturated heterocycles. The molecule has 1 amide bonds. The van der Waals surface area contributed by atoms with Gasteiger partial charge in [-0.1, -0.05) is 54.1 Å². The van der Waals surface area contributed by atoms with Gasteiger partial charge in [0.2, 0.25) is 0 Å². The van der Waals surface area contributed by atoms with Crippen LogP contribution in [0.15, 0.2) is 66.9 Å². The van der Waals surface area contributed by atoms with Crippen LogP contribution in [0.25, 0.3) is 21.7 Å². The van der Waals surface area contributed by atoms with E-state index in [1.807, 2.05) is 61.5 Å². The van der Waals surface area contributed by atoms with Gasteiger partial charge in [-0.15, -0.1) is 0 Å². The topological polar surface area (TPSA) is 90.4 Å². The summed E-state index contributed by atoms with van der Waals surface area (Å²) in [7, 11) is 1.43. The largest absolute Gasteiger partial charge is 0.468 e. The molecular weight excluding hydrogens is 522 g/mol. The van der Waals surface area contributed by atoms with Crippen molar-refractivity contribution >= 4 is 40.9 Å². The molecule has 5 rings (SSSR count). The van der Waals surface area contributed by atoms with Crippen LogP contribution in [0.2, 0.25) is 5.02 Å². The Morgan fingerprint density at radius 2 is 1.76 bits per heavy atom. The Balaban J connectivity index is 1.30. The molecule has 38 heavy (non-hydrogen) atoms. The van der Waals surface area contributed by atoms with Gasteiger partial charge in [0.15, 0.2) is 0 Å². The number of benzene rings is 2. The van der Waals surface area contributed by atoms with Gasteiger partial charge in [0.25, 0.3) is 0 Å². The fraction of sp³-hybridized carbons (Fsp3) is 0.241. The molecule has 0 aliphatic heterocycles. The second kappa shape index (κ2) is 10.6. The third kappa shape index (κ3) is 5.01. The fourth-order valence-electron chi connectivity index (χ4n) is 4.46. The third-order valence-electron chi connectivity index (χ3n) is 6.80. The second-order valence-corrected chi connectivity index (χ2v) is 10.4. The molecule has 7 nitrogen and oxygen atoms in total. The van der Waals surface area contributed by atoms with Gasteiger partial charge >= 0.3 is 12.1 Å². The second-order valence-electron chi connectivity index (χ2n) is 9.25. The number of esters is 1. The van der Waals surface area contributed by atoms with Gasteiger partial charge in [-0.05, 0) is 62.0 Å². The first-order chi connectivity index (χ1) is 18.3. The Bertz CT molecular complexity index is 1480. The lowest BCUT2D eigenvalue weighted by Gasteiger charge is -2.16. The zero-order valence-corrected chi connectivity index (χ0v) is 22.7. The number of hydrogen-bond donors (Lipinski definition) is 1. The molecule has 0 radical (unpaired) electrons. The van der Waals surface area contributed by atoms with E-state index in [0.717, 1.165) is 45.7 Å². The first-order valence-corrected chi connectivity index (χ1v) is 13.3. The zero-order chi connectivity index (χ0) is 26.9. The molecule has 2 heterocycles. The lowest BCUT2D eigenvalue weighted by molar-refractivity contribution is -0.143. The van der Waals surface area contributed by atoms with Gasteiger partial charge in [0.05, 0.1) is 34.5 Å². The van der Waals surface area contributed by atoms with Crippen molar-refractivity contribution in [3.8, 4) is 21.7 Å². The van der Waals surface area contributed by atoms with Crippen LogP contribution in [-0.4, -0.2) is 28.5 Å². The molecule has 1 N–H and O–H groups in total. The van der Waals surface area contributed by atoms with E-state index in [1.54, 1.807) is 19.2 Å². The van der Waals surface area contributed by atoms with Crippen molar-refractivity contribution in [2.75, 3.05) is 12.4 Å². The number of aryl methyl sites for hydroxylation is 1. The van der Waals surface area contributed by atoms with Crippen molar-refractivity contribution in [3.05, 3.63) is 88.7 Å². The Kier molecular flexibility index (Phi) is 7.19. The summed E-state index contributed by atoms with van der Waals surface area (Å²) in [4.78, 5) is 30.3. The van der Waals surface area contributed by atoms with Gasteiger partial charge in [0, 0.05) is 27.9 Å². The van der Waals surface area contributed by atoms with Crippen LogP contribution in [0.4, 0.5) is 10.5 Å². The Morgan fingerprint density at radius 3 is 2.39 bits per heavy atom. The van der Waals surface area contributed by atoms with Crippen molar-refractivity contribution in [1.29, 1.82) is 0 Å². The molecule has 194 valence electrons. The summed E-state index contributed by atoms with van der Waals surface area (Å²) in [6, 6.07) is 19.0. The number of carbonyl (C=O) groups excluding carboxylic acids is 2. The van der Waals surface area contributed by atoms with Crippen LogP contribution < -0.4 is 5.32 Å². The average molecular weight is 548 g/mol. The number of methoxy groups -OCH3 is 1. The van der Waals surface area contributed by atoms with Crippen LogP contribution in [-0.2, 0) is 19.7 Å². The highest BCUT2D eigenvalue weighted by Crippen LogP contribution is 2.49. The smallest absolute Gasteiger partial charge is 0.412 e. The van der Waals surface area contributed by atoms with Crippen LogP contribution in [0, 0.1) is 6.92 Å².